The molecule has 0 unspecified atom stereocenters. The second-order valence-corrected chi connectivity index (χ2v) is 7.92. The minimum atomic E-state index is -3.35. The van der Waals surface area contributed by atoms with E-state index in [9.17, 15) is 8.42 Å². The fraction of sp³-hybridized carbons (Fsp3) is 0.769. The summed E-state index contributed by atoms with van der Waals surface area (Å²) in [6.07, 6.45) is 2.63. The number of hydrogen-bond donors (Lipinski definition) is 2. The Hall–Kier alpha value is -0.860. The maximum atomic E-state index is 12.2. The summed E-state index contributed by atoms with van der Waals surface area (Å²) in [7, 11) is -3.35. The number of rotatable bonds is 10. The van der Waals surface area contributed by atoms with Crippen molar-refractivity contribution in [3.8, 4) is 0 Å². The van der Waals surface area contributed by atoms with Gasteiger partial charge in [-0.1, -0.05) is 6.92 Å². The van der Waals surface area contributed by atoms with Gasteiger partial charge in [0.15, 0.2) is 15.7 Å². The summed E-state index contributed by atoms with van der Waals surface area (Å²) in [5.41, 5.74) is 5.70. The van der Waals surface area contributed by atoms with Gasteiger partial charge in [-0.3, -0.25) is 0 Å². The Morgan fingerprint density at radius 2 is 2.10 bits per heavy atom. The van der Waals surface area contributed by atoms with Gasteiger partial charge in [-0.15, -0.1) is 0 Å². The van der Waals surface area contributed by atoms with E-state index in [4.69, 9.17) is 10.5 Å². The van der Waals surface area contributed by atoms with E-state index in [1.807, 2.05) is 20.8 Å². The molecule has 0 saturated heterocycles. The number of aromatic nitrogens is 1. The maximum Gasteiger partial charge on any atom is 0.185 e. The lowest BCUT2D eigenvalue weighted by molar-refractivity contribution is 0.0765. The molecule has 1 aromatic rings. The molecule has 1 heterocycles. The molecule has 8 heteroatoms. The van der Waals surface area contributed by atoms with Crippen LogP contribution in [-0.4, -0.2) is 37.8 Å². The lowest BCUT2D eigenvalue weighted by atomic mass is 10.3. The van der Waals surface area contributed by atoms with Crippen molar-refractivity contribution >= 4 is 32.2 Å². The van der Waals surface area contributed by atoms with Gasteiger partial charge >= 0.3 is 0 Å². The number of unbranched alkanes of at least 4 members (excludes halogenated alkanes) is 1. The Kier molecular flexibility index (Phi) is 7.41. The normalized spacial score (nSPS) is 12.0. The molecule has 1 aromatic heterocycles. The van der Waals surface area contributed by atoms with Crippen LogP contribution in [0, 0.1) is 0 Å². The van der Waals surface area contributed by atoms with Gasteiger partial charge in [0, 0.05) is 13.2 Å². The van der Waals surface area contributed by atoms with E-state index >= 15 is 0 Å². The molecule has 0 atom stereocenters. The molecular formula is C13H25N3O3S2. The van der Waals surface area contributed by atoms with E-state index in [1.54, 1.807) is 0 Å². The highest BCUT2D eigenvalue weighted by atomic mass is 32.2. The van der Waals surface area contributed by atoms with E-state index in [2.05, 4.69) is 9.69 Å². The predicted octanol–water partition coefficient (Wildman–Crippen LogP) is 2.53. The number of nitrogens with one attached hydrogen (secondary N) is 1. The van der Waals surface area contributed by atoms with Crippen LogP contribution in [0.5, 0.6) is 0 Å². The highest BCUT2D eigenvalue weighted by molar-refractivity contribution is 7.91. The lowest BCUT2D eigenvalue weighted by Gasteiger charge is -2.09. The smallest absolute Gasteiger partial charge is 0.185 e. The topological polar surface area (TPSA) is 94.3 Å². The second kappa shape index (κ2) is 8.55. The number of hydrogen-bond acceptors (Lipinski definition) is 7. The standard InChI is InChI=1S/C13H25N3O3S2/c1-4-9-21(17,18)11-12(14)16-20-13(11)15-7-5-6-8-19-10(2)3/h10,15H,4-9H2,1-3H3,(H2,14,16). The summed E-state index contributed by atoms with van der Waals surface area (Å²) in [4.78, 5) is 0.160. The molecule has 3 N–H and O–H groups in total. The van der Waals surface area contributed by atoms with Gasteiger partial charge in [-0.05, 0) is 44.6 Å². The minimum Gasteiger partial charge on any atom is -0.382 e. The zero-order valence-electron chi connectivity index (χ0n) is 12.9. The fourth-order valence-electron chi connectivity index (χ4n) is 1.83. The molecule has 0 aliphatic carbocycles. The van der Waals surface area contributed by atoms with Crippen LogP contribution in [0.25, 0.3) is 0 Å². The van der Waals surface area contributed by atoms with Gasteiger partial charge in [-0.2, -0.15) is 4.37 Å². The number of nitrogen functional groups attached to an aromatic ring is 1. The highest BCUT2D eigenvalue weighted by Gasteiger charge is 2.24. The van der Waals surface area contributed by atoms with Crippen LogP contribution in [0.4, 0.5) is 10.8 Å². The molecule has 6 nitrogen and oxygen atoms in total. The van der Waals surface area contributed by atoms with Crippen LogP contribution in [0.15, 0.2) is 4.90 Å². The van der Waals surface area contributed by atoms with Crippen LogP contribution in [-0.2, 0) is 14.6 Å². The van der Waals surface area contributed by atoms with Gasteiger partial charge < -0.3 is 15.8 Å². The van der Waals surface area contributed by atoms with Crippen molar-refractivity contribution < 1.29 is 13.2 Å². The first-order valence-corrected chi connectivity index (χ1v) is 9.64. The Labute approximate surface area is 131 Å². The minimum absolute atomic E-state index is 0.0898. The Morgan fingerprint density at radius 3 is 2.71 bits per heavy atom. The van der Waals surface area contributed by atoms with Gasteiger partial charge in [0.1, 0.15) is 9.90 Å². The third-order valence-electron chi connectivity index (χ3n) is 2.77. The molecule has 0 amide bonds. The van der Waals surface area contributed by atoms with E-state index in [0.29, 0.717) is 24.6 Å². The first kappa shape index (κ1) is 18.2. The Morgan fingerprint density at radius 1 is 1.38 bits per heavy atom. The van der Waals surface area contributed by atoms with Crippen LogP contribution in [0.2, 0.25) is 0 Å². The molecule has 122 valence electrons. The summed E-state index contributed by atoms with van der Waals surface area (Å²) in [5, 5.41) is 3.68. The molecular weight excluding hydrogens is 310 g/mol. The Balaban J connectivity index is 2.53. The monoisotopic (exact) mass is 335 g/mol. The van der Waals surface area contributed by atoms with Gasteiger partial charge in [0.05, 0.1) is 11.9 Å². The molecule has 1 rings (SSSR count). The number of sulfone groups is 1. The number of nitrogens with two attached hydrogens (primary N) is 1. The molecule has 0 aliphatic heterocycles. The SMILES string of the molecule is CCCS(=O)(=O)c1c(N)nsc1NCCCCOC(C)C. The van der Waals surface area contributed by atoms with Crippen LogP contribution in [0.3, 0.4) is 0 Å². The molecule has 21 heavy (non-hydrogen) atoms. The van der Waals surface area contributed by atoms with E-state index in [0.717, 1.165) is 24.4 Å². The summed E-state index contributed by atoms with van der Waals surface area (Å²) in [6, 6.07) is 0. The quantitative estimate of drug-likeness (QED) is 0.638. The van der Waals surface area contributed by atoms with Crippen LogP contribution in [0.1, 0.15) is 40.0 Å². The van der Waals surface area contributed by atoms with Crippen LogP contribution < -0.4 is 11.1 Å². The molecule has 0 fully saturated rings. The number of anilines is 2. The Bertz CT molecular complexity index is 527. The average Bonchev–Trinajstić information content (AvgIpc) is 2.75. The van der Waals surface area contributed by atoms with Crippen molar-refractivity contribution in [2.24, 2.45) is 0 Å². The van der Waals surface area contributed by atoms with E-state index in [1.165, 1.54) is 0 Å². The summed E-state index contributed by atoms with van der Waals surface area (Å²) >= 11 is 1.10. The van der Waals surface area contributed by atoms with Gasteiger partial charge in [-0.25, -0.2) is 8.42 Å². The number of ether oxygens (including phenoxy) is 1. The third kappa shape index (κ3) is 5.80. The van der Waals surface area contributed by atoms with E-state index < -0.39 is 9.84 Å². The molecule has 0 spiro atoms. The summed E-state index contributed by atoms with van der Waals surface area (Å²) in [6.45, 7) is 7.23. The maximum absolute atomic E-state index is 12.2. The zero-order chi connectivity index (χ0) is 15.9. The molecule has 0 aliphatic rings. The van der Waals surface area contributed by atoms with Crippen molar-refractivity contribution in [3.63, 3.8) is 0 Å². The molecule has 0 bridgehead atoms. The van der Waals surface area contributed by atoms with Crippen LogP contribution >= 0.6 is 11.5 Å². The average molecular weight is 335 g/mol. The fourth-order valence-corrected chi connectivity index (χ4v) is 4.47. The van der Waals surface area contributed by atoms with Crippen molar-refractivity contribution in [1.29, 1.82) is 0 Å². The molecule has 0 radical (unpaired) electrons. The highest BCUT2D eigenvalue weighted by Crippen LogP contribution is 2.32. The largest absolute Gasteiger partial charge is 0.382 e. The van der Waals surface area contributed by atoms with Crippen molar-refractivity contribution in [1.82, 2.24) is 4.37 Å². The molecule has 0 aromatic carbocycles. The van der Waals surface area contributed by atoms with Crippen molar-refractivity contribution in [2.45, 2.75) is 51.0 Å². The molecule has 0 saturated carbocycles. The van der Waals surface area contributed by atoms with Gasteiger partial charge in [0.2, 0.25) is 0 Å². The summed E-state index contributed by atoms with van der Waals surface area (Å²) in [5.74, 6) is 0.186. The third-order valence-corrected chi connectivity index (χ3v) is 5.70. The van der Waals surface area contributed by atoms with Crippen molar-refractivity contribution in [2.75, 3.05) is 30.0 Å². The summed E-state index contributed by atoms with van der Waals surface area (Å²) < 4.78 is 33.8. The van der Waals surface area contributed by atoms with Crippen molar-refractivity contribution in [3.05, 3.63) is 0 Å². The second-order valence-electron chi connectivity index (χ2n) is 5.10. The van der Waals surface area contributed by atoms with E-state index in [-0.39, 0.29) is 22.6 Å². The lowest BCUT2D eigenvalue weighted by Crippen LogP contribution is -2.11. The van der Waals surface area contributed by atoms with Gasteiger partial charge in [0.25, 0.3) is 0 Å². The number of nitrogens with zero attached hydrogens (tertiary/aromatic N) is 1. The predicted molar refractivity (Wildman–Crippen MR) is 87.7 cm³/mol. The first-order chi connectivity index (χ1) is 9.88. The zero-order valence-corrected chi connectivity index (χ0v) is 14.5. The first-order valence-electron chi connectivity index (χ1n) is 7.21.